The Bertz CT molecular complexity index is 791. The number of carbonyl (C=O) groups excluding carboxylic acids is 3. The number of amides is 3. The summed E-state index contributed by atoms with van der Waals surface area (Å²) in [7, 11) is 0. The predicted octanol–water partition coefficient (Wildman–Crippen LogP) is -2.76. The molecule has 1 aromatic heterocycles. The van der Waals surface area contributed by atoms with Crippen LogP contribution in [-0.2, 0) is 34.0 Å². The summed E-state index contributed by atoms with van der Waals surface area (Å²) in [6.45, 7) is -0.894. The Morgan fingerprint density at radius 2 is 0.800 bits per heavy atom. The van der Waals surface area contributed by atoms with Crippen LogP contribution in [0.5, 0.6) is 0 Å². The van der Waals surface area contributed by atoms with Gasteiger partial charge in [-0.25, -0.2) is 28.1 Å². The number of hydrogen-bond acceptors (Lipinski definition) is 6. The van der Waals surface area contributed by atoms with E-state index in [9.17, 15) is 28.8 Å². The molecule has 3 N–H and O–H groups in total. The van der Waals surface area contributed by atoms with E-state index in [0.717, 1.165) is 13.7 Å². The number of alkyl halides is 3. The van der Waals surface area contributed by atoms with Gasteiger partial charge in [-0.2, -0.15) is 0 Å². The van der Waals surface area contributed by atoms with Gasteiger partial charge in [0.25, 0.3) is 0 Å². The summed E-state index contributed by atoms with van der Waals surface area (Å²) in [5.41, 5.74) is -2.73. The van der Waals surface area contributed by atoms with Crippen LogP contribution in [0.2, 0.25) is 0 Å². The van der Waals surface area contributed by atoms with Crippen LogP contribution in [0.1, 0.15) is 0 Å². The normalized spacial score (nSPS) is 10.5. The molecular weight excluding hydrogens is 467 g/mol. The van der Waals surface area contributed by atoms with Crippen molar-refractivity contribution < 1.29 is 14.4 Å². The van der Waals surface area contributed by atoms with Crippen molar-refractivity contribution in [2.45, 2.75) is 19.6 Å². The summed E-state index contributed by atoms with van der Waals surface area (Å²) < 4.78 is 2.30. The van der Waals surface area contributed by atoms with Crippen LogP contribution in [0.3, 0.4) is 0 Å². The fourth-order valence-electron chi connectivity index (χ4n) is 2.32. The third kappa shape index (κ3) is 7.50. The van der Waals surface area contributed by atoms with Crippen LogP contribution in [0.4, 0.5) is 0 Å². The highest BCUT2D eigenvalue weighted by Gasteiger charge is 2.16. The van der Waals surface area contributed by atoms with Crippen LogP contribution in [0.25, 0.3) is 0 Å². The zero-order valence-corrected chi connectivity index (χ0v) is 18.1. The quantitative estimate of drug-likeness (QED) is 0.271. The smallest absolute Gasteiger partial charge is 0.336 e. The van der Waals surface area contributed by atoms with E-state index in [4.69, 9.17) is 34.8 Å². The van der Waals surface area contributed by atoms with Gasteiger partial charge in [0.15, 0.2) is 0 Å². The average Bonchev–Trinajstić information content (AvgIpc) is 2.74. The monoisotopic (exact) mass is 486 g/mol. The highest BCUT2D eigenvalue weighted by molar-refractivity contribution is 6.27. The first kappa shape index (κ1) is 25.7. The van der Waals surface area contributed by atoms with Crippen molar-refractivity contribution in [3.05, 3.63) is 31.5 Å². The molecule has 1 rings (SSSR count). The molecule has 0 fully saturated rings. The van der Waals surface area contributed by atoms with Crippen molar-refractivity contribution in [2.75, 3.05) is 37.3 Å². The van der Waals surface area contributed by atoms with Crippen LogP contribution < -0.4 is 33.0 Å². The molecule has 1 aromatic rings. The summed E-state index contributed by atoms with van der Waals surface area (Å²) in [6.07, 6.45) is 0. The molecule has 0 radical (unpaired) electrons. The molecule has 0 aliphatic rings. The lowest BCUT2D eigenvalue weighted by Gasteiger charge is -2.14. The second-order valence-corrected chi connectivity index (χ2v) is 6.56. The van der Waals surface area contributed by atoms with Gasteiger partial charge in [0.2, 0.25) is 17.7 Å². The number of aromatic nitrogens is 3. The molecule has 168 valence electrons. The maximum absolute atomic E-state index is 12.6. The van der Waals surface area contributed by atoms with Gasteiger partial charge in [-0.3, -0.25) is 14.4 Å². The fraction of sp³-hybridized carbons (Fsp3) is 0.600. The summed E-state index contributed by atoms with van der Waals surface area (Å²) in [5, 5.41) is 7.23. The van der Waals surface area contributed by atoms with Crippen molar-refractivity contribution in [1.29, 1.82) is 0 Å². The van der Waals surface area contributed by atoms with Crippen LogP contribution >= 0.6 is 34.8 Å². The van der Waals surface area contributed by atoms with Crippen LogP contribution in [-0.4, -0.2) is 68.7 Å². The topological polar surface area (TPSA) is 153 Å². The van der Waals surface area contributed by atoms with E-state index in [-0.39, 0.29) is 56.9 Å². The first-order valence-electron chi connectivity index (χ1n) is 8.69. The summed E-state index contributed by atoms with van der Waals surface area (Å²) in [4.78, 5) is 71.7. The second kappa shape index (κ2) is 13.1. The average molecular weight is 488 g/mol. The van der Waals surface area contributed by atoms with Gasteiger partial charge in [0.05, 0.1) is 0 Å². The van der Waals surface area contributed by atoms with Crippen molar-refractivity contribution in [3.8, 4) is 0 Å². The molecule has 0 saturated heterocycles. The van der Waals surface area contributed by atoms with Crippen molar-refractivity contribution >= 4 is 52.5 Å². The molecule has 3 amide bonds. The lowest BCUT2D eigenvalue weighted by atomic mass is 10.5. The highest BCUT2D eigenvalue weighted by atomic mass is 35.5. The maximum Gasteiger partial charge on any atom is 0.336 e. The van der Waals surface area contributed by atoms with E-state index < -0.39 is 34.8 Å². The van der Waals surface area contributed by atoms with E-state index in [0.29, 0.717) is 0 Å². The first-order chi connectivity index (χ1) is 14.3. The third-order valence-electron chi connectivity index (χ3n) is 3.72. The fourth-order valence-corrected chi connectivity index (χ4v) is 2.60. The van der Waals surface area contributed by atoms with Crippen LogP contribution in [0.15, 0.2) is 14.4 Å². The number of halogens is 3. The minimum absolute atomic E-state index is 0.0785. The molecule has 12 nitrogen and oxygen atoms in total. The van der Waals surface area contributed by atoms with E-state index in [1.807, 2.05) is 0 Å². The number of rotatable bonds is 12. The molecule has 0 aromatic carbocycles. The molecule has 0 aliphatic heterocycles. The lowest BCUT2D eigenvalue weighted by Crippen LogP contribution is -2.56. The molecular formula is C15H21Cl3N6O6. The zero-order chi connectivity index (χ0) is 22.7. The number of carbonyl (C=O) groups is 3. The standard InChI is InChI=1S/C15H21Cl3N6O6/c16-7-10(25)19-1-4-22-13(28)23(5-2-20-11(26)8-17)15(30)24(14(22)29)6-3-21-12(27)9-18/h1-9H2,(H,19,25)(H,20,26)(H,21,27). The maximum atomic E-state index is 12.6. The van der Waals surface area contributed by atoms with Gasteiger partial charge >= 0.3 is 17.1 Å². The van der Waals surface area contributed by atoms with Gasteiger partial charge in [-0.1, -0.05) is 0 Å². The second-order valence-electron chi connectivity index (χ2n) is 5.75. The predicted molar refractivity (Wildman–Crippen MR) is 110 cm³/mol. The Kier molecular flexibility index (Phi) is 11.2. The van der Waals surface area contributed by atoms with Gasteiger partial charge in [-0.05, 0) is 0 Å². The SMILES string of the molecule is O=C(CCl)NCCn1c(=O)n(CCNC(=O)CCl)c(=O)n(CCNC(=O)CCl)c1=O. The van der Waals surface area contributed by atoms with Crippen molar-refractivity contribution in [1.82, 2.24) is 29.7 Å². The summed E-state index contributed by atoms with van der Waals surface area (Å²) in [5.74, 6) is -2.36. The molecule has 0 bridgehead atoms. The Balaban J connectivity index is 3.20. The molecule has 0 saturated carbocycles. The molecule has 1 heterocycles. The molecule has 0 unspecified atom stereocenters. The molecule has 30 heavy (non-hydrogen) atoms. The van der Waals surface area contributed by atoms with E-state index in [1.165, 1.54) is 0 Å². The Hall–Kier alpha value is -2.31. The first-order valence-corrected chi connectivity index (χ1v) is 10.3. The summed E-state index contributed by atoms with van der Waals surface area (Å²) >= 11 is 16.1. The minimum atomic E-state index is -0.911. The zero-order valence-electron chi connectivity index (χ0n) is 15.8. The van der Waals surface area contributed by atoms with Crippen LogP contribution in [0, 0.1) is 0 Å². The van der Waals surface area contributed by atoms with E-state index in [1.54, 1.807) is 0 Å². The molecule has 0 aliphatic carbocycles. The highest BCUT2D eigenvalue weighted by Crippen LogP contribution is 1.81. The number of nitrogens with zero attached hydrogens (tertiary/aromatic N) is 3. The van der Waals surface area contributed by atoms with Gasteiger partial charge in [0.1, 0.15) is 17.6 Å². The molecule has 15 heteroatoms. The Morgan fingerprint density at radius 3 is 1.00 bits per heavy atom. The largest absolute Gasteiger partial charge is 0.353 e. The minimum Gasteiger partial charge on any atom is -0.353 e. The van der Waals surface area contributed by atoms with E-state index >= 15 is 0 Å². The Labute approximate surface area is 185 Å². The summed E-state index contributed by atoms with van der Waals surface area (Å²) in [6, 6.07) is 0. The number of nitrogens with one attached hydrogen (secondary N) is 3. The number of hydrogen-bond donors (Lipinski definition) is 3. The lowest BCUT2D eigenvalue weighted by molar-refractivity contribution is -0.119. The molecule has 0 atom stereocenters. The third-order valence-corrected chi connectivity index (χ3v) is 4.45. The Morgan fingerprint density at radius 1 is 0.567 bits per heavy atom. The van der Waals surface area contributed by atoms with Gasteiger partial charge < -0.3 is 16.0 Å². The van der Waals surface area contributed by atoms with Crippen molar-refractivity contribution in [3.63, 3.8) is 0 Å². The van der Waals surface area contributed by atoms with Gasteiger partial charge in [-0.15, -0.1) is 34.8 Å². The van der Waals surface area contributed by atoms with Crippen molar-refractivity contribution in [2.24, 2.45) is 0 Å². The van der Waals surface area contributed by atoms with Gasteiger partial charge in [0, 0.05) is 39.3 Å². The molecule has 0 spiro atoms. The van der Waals surface area contributed by atoms with E-state index in [2.05, 4.69) is 16.0 Å².